The maximum absolute atomic E-state index is 4.78. The molecular weight excluding hydrogens is 438 g/mol. The molecule has 0 atom stereocenters. The summed E-state index contributed by atoms with van der Waals surface area (Å²) >= 11 is 0. The Kier molecular flexibility index (Phi) is 4.58. The molecule has 0 aliphatic carbocycles. The molecule has 0 fully saturated rings. The van der Waals surface area contributed by atoms with Crippen LogP contribution in [-0.4, -0.2) is 14.1 Å². The quantitative estimate of drug-likeness (QED) is 0.257. The van der Waals surface area contributed by atoms with Crippen LogP contribution in [-0.2, 0) is 0 Å². The van der Waals surface area contributed by atoms with E-state index in [1.807, 2.05) is 12.3 Å². The molecule has 3 aromatic heterocycles. The summed E-state index contributed by atoms with van der Waals surface area (Å²) in [6.45, 7) is 4.24. The van der Waals surface area contributed by atoms with Gasteiger partial charge in [0.25, 0.3) is 0 Å². The number of allylic oxidation sites excluding steroid dienone is 2. The van der Waals surface area contributed by atoms with Gasteiger partial charge in [0.1, 0.15) is 5.82 Å². The summed E-state index contributed by atoms with van der Waals surface area (Å²) in [7, 11) is 0. The van der Waals surface area contributed by atoms with Crippen LogP contribution in [0, 0.1) is 0 Å². The van der Waals surface area contributed by atoms with E-state index in [2.05, 4.69) is 126 Å². The fourth-order valence-electron chi connectivity index (χ4n) is 5.53. The van der Waals surface area contributed by atoms with Gasteiger partial charge in [-0.1, -0.05) is 72.8 Å². The highest BCUT2D eigenvalue weighted by Crippen LogP contribution is 2.42. The Labute approximate surface area is 209 Å². The van der Waals surface area contributed by atoms with E-state index in [1.54, 1.807) is 0 Å². The second-order valence-electron chi connectivity index (χ2n) is 9.27. The van der Waals surface area contributed by atoms with Crippen molar-refractivity contribution in [2.75, 3.05) is 0 Å². The molecule has 3 heterocycles. The lowest BCUT2D eigenvalue weighted by Crippen LogP contribution is -1.96. The summed E-state index contributed by atoms with van der Waals surface area (Å²) in [4.78, 5) is 4.78. The topological polar surface area (TPSA) is 22.8 Å². The van der Waals surface area contributed by atoms with Gasteiger partial charge in [-0.2, -0.15) is 0 Å². The van der Waals surface area contributed by atoms with Crippen LogP contribution in [0.25, 0.3) is 60.7 Å². The lowest BCUT2D eigenvalue weighted by molar-refractivity contribution is 1.08. The van der Waals surface area contributed by atoms with Crippen molar-refractivity contribution in [1.82, 2.24) is 14.1 Å². The van der Waals surface area contributed by atoms with E-state index >= 15 is 0 Å². The molecule has 7 aromatic rings. The standard InChI is InChI=1S/C33H25N3/c1-3-22(2)23-15-18-25(19-16-23)35-28-13-7-6-12-27(28)32-33(35)31-26-11-5-4-10-24(26)17-20-29(31)36(32)30-14-8-9-21-34-30/h3-21H,1-2H3/b22-3+. The van der Waals surface area contributed by atoms with Crippen LogP contribution in [0.1, 0.15) is 19.4 Å². The van der Waals surface area contributed by atoms with Crippen molar-refractivity contribution >= 4 is 49.2 Å². The molecule has 172 valence electrons. The van der Waals surface area contributed by atoms with E-state index in [-0.39, 0.29) is 0 Å². The molecule has 0 aliphatic heterocycles. The van der Waals surface area contributed by atoms with Crippen molar-refractivity contribution in [3.05, 3.63) is 121 Å². The normalized spacial score (nSPS) is 12.3. The van der Waals surface area contributed by atoms with Gasteiger partial charge < -0.3 is 4.57 Å². The van der Waals surface area contributed by atoms with Crippen molar-refractivity contribution in [3.8, 4) is 11.5 Å². The van der Waals surface area contributed by atoms with Gasteiger partial charge in [-0.25, -0.2) is 4.98 Å². The Bertz CT molecular complexity index is 1930. The number of hydrogen-bond donors (Lipinski definition) is 0. The Morgan fingerprint density at radius 2 is 1.42 bits per heavy atom. The first-order valence-corrected chi connectivity index (χ1v) is 12.4. The lowest BCUT2D eigenvalue weighted by Gasteiger charge is -2.11. The molecule has 0 saturated carbocycles. The number of benzene rings is 4. The van der Waals surface area contributed by atoms with Crippen molar-refractivity contribution in [3.63, 3.8) is 0 Å². The number of fused-ring (bicyclic) bond motifs is 7. The molecule has 0 spiro atoms. The number of para-hydroxylation sites is 1. The number of rotatable bonds is 3. The Hall–Kier alpha value is -4.63. The van der Waals surface area contributed by atoms with E-state index in [1.165, 1.54) is 54.7 Å². The van der Waals surface area contributed by atoms with E-state index < -0.39 is 0 Å². The predicted octanol–water partition coefficient (Wildman–Crippen LogP) is 8.70. The van der Waals surface area contributed by atoms with E-state index in [0.29, 0.717) is 0 Å². The van der Waals surface area contributed by atoms with Crippen molar-refractivity contribution in [1.29, 1.82) is 0 Å². The Balaban J connectivity index is 1.71. The Morgan fingerprint density at radius 3 is 2.19 bits per heavy atom. The van der Waals surface area contributed by atoms with Gasteiger partial charge in [-0.3, -0.25) is 4.57 Å². The number of aromatic nitrogens is 3. The molecule has 3 heteroatoms. The summed E-state index contributed by atoms with van der Waals surface area (Å²) < 4.78 is 4.75. The number of pyridine rings is 1. The van der Waals surface area contributed by atoms with Gasteiger partial charge >= 0.3 is 0 Å². The van der Waals surface area contributed by atoms with Crippen LogP contribution in [0.5, 0.6) is 0 Å². The van der Waals surface area contributed by atoms with Gasteiger partial charge in [-0.05, 0) is 72.2 Å². The van der Waals surface area contributed by atoms with Crippen LogP contribution in [0.15, 0.2) is 115 Å². The molecular formula is C33H25N3. The van der Waals surface area contributed by atoms with Gasteiger partial charge in [-0.15, -0.1) is 0 Å². The molecule has 0 aliphatic rings. The minimum Gasteiger partial charge on any atom is -0.307 e. The first-order valence-electron chi connectivity index (χ1n) is 12.4. The van der Waals surface area contributed by atoms with Gasteiger partial charge in [0.05, 0.1) is 22.1 Å². The average Bonchev–Trinajstić information content (AvgIpc) is 3.46. The first-order chi connectivity index (χ1) is 17.8. The van der Waals surface area contributed by atoms with Crippen LogP contribution >= 0.6 is 0 Å². The monoisotopic (exact) mass is 463 g/mol. The van der Waals surface area contributed by atoms with Crippen molar-refractivity contribution in [2.24, 2.45) is 0 Å². The fourth-order valence-corrected chi connectivity index (χ4v) is 5.53. The van der Waals surface area contributed by atoms with E-state index in [4.69, 9.17) is 4.98 Å². The second-order valence-corrected chi connectivity index (χ2v) is 9.27. The van der Waals surface area contributed by atoms with E-state index in [0.717, 1.165) is 11.5 Å². The highest BCUT2D eigenvalue weighted by Gasteiger charge is 2.23. The van der Waals surface area contributed by atoms with Crippen LogP contribution in [0.4, 0.5) is 0 Å². The molecule has 0 radical (unpaired) electrons. The fraction of sp³-hybridized carbons (Fsp3) is 0.0606. The van der Waals surface area contributed by atoms with E-state index in [9.17, 15) is 0 Å². The molecule has 0 bridgehead atoms. The smallest absolute Gasteiger partial charge is 0.137 e. The summed E-state index contributed by atoms with van der Waals surface area (Å²) in [5.41, 5.74) is 8.43. The third-order valence-electron chi connectivity index (χ3n) is 7.35. The lowest BCUT2D eigenvalue weighted by atomic mass is 10.1. The first kappa shape index (κ1) is 20.7. The number of nitrogens with zero attached hydrogens (tertiary/aromatic N) is 3. The molecule has 0 unspecified atom stereocenters. The molecule has 0 amide bonds. The van der Waals surface area contributed by atoms with Crippen LogP contribution in [0.3, 0.4) is 0 Å². The maximum Gasteiger partial charge on any atom is 0.137 e. The summed E-state index contributed by atoms with van der Waals surface area (Å²) in [5, 5.41) is 4.95. The molecule has 4 aromatic carbocycles. The summed E-state index contributed by atoms with van der Waals surface area (Å²) in [6.07, 6.45) is 4.03. The molecule has 7 rings (SSSR count). The zero-order chi connectivity index (χ0) is 24.2. The molecule has 36 heavy (non-hydrogen) atoms. The Morgan fingerprint density at radius 1 is 0.667 bits per heavy atom. The molecule has 0 saturated heterocycles. The second kappa shape index (κ2) is 7.96. The van der Waals surface area contributed by atoms with Gasteiger partial charge in [0, 0.05) is 22.7 Å². The minimum absolute atomic E-state index is 0.926. The molecule has 3 nitrogen and oxygen atoms in total. The summed E-state index contributed by atoms with van der Waals surface area (Å²) in [5.74, 6) is 0.926. The third kappa shape index (κ3) is 2.89. The molecule has 0 N–H and O–H groups in total. The summed E-state index contributed by atoms with van der Waals surface area (Å²) in [6, 6.07) is 36.9. The SMILES string of the molecule is C/C=C(\C)c1ccc(-n2c3ccccc3c3c2c2c4ccccc4ccc2n3-c2ccccn2)cc1. The van der Waals surface area contributed by atoms with Crippen LogP contribution < -0.4 is 0 Å². The van der Waals surface area contributed by atoms with Crippen LogP contribution in [0.2, 0.25) is 0 Å². The van der Waals surface area contributed by atoms with Gasteiger partial charge in [0.15, 0.2) is 0 Å². The zero-order valence-corrected chi connectivity index (χ0v) is 20.3. The maximum atomic E-state index is 4.78. The average molecular weight is 464 g/mol. The number of hydrogen-bond acceptors (Lipinski definition) is 1. The predicted molar refractivity (Wildman–Crippen MR) is 152 cm³/mol. The highest BCUT2D eigenvalue weighted by molar-refractivity contribution is 6.26. The highest BCUT2D eigenvalue weighted by atomic mass is 15.1. The van der Waals surface area contributed by atoms with Crippen molar-refractivity contribution < 1.29 is 0 Å². The zero-order valence-electron chi connectivity index (χ0n) is 20.3. The minimum atomic E-state index is 0.926. The third-order valence-corrected chi connectivity index (χ3v) is 7.35. The van der Waals surface area contributed by atoms with Crippen molar-refractivity contribution in [2.45, 2.75) is 13.8 Å². The largest absolute Gasteiger partial charge is 0.307 e. The van der Waals surface area contributed by atoms with Gasteiger partial charge in [0.2, 0.25) is 0 Å².